The predicted molar refractivity (Wildman–Crippen MR) is 88.5 cm³/mol. The molecule has 5 heteroatoms. The molecule has 2 aliphatic rings. The largest absolute Gasteiger partial charge is 0.444 e. The van der Waals surface area contributed by atoms with Crippen molar-refractivity contribution in [3.8, 4) is 0 Å². The van der Waals surface area contributed by atoms with E-state index in [0.29, 0.717) is 18.1 Å². The Labute approximate surface area is 135 Å². The van der Waals surface area contributed by atoms with Crippen LogP contribution in [0.4, 0.5) is 4.79 Å². The minimum Gasteiger partial charge on any atom is -0.444 e. The molecule has 1 amide bonds. The summed E-state index contributed by atoms with van der Waals surface area (Å²) in [5.41, 5.74) is 3.28. The van der Waals surface area contributed by atoms with E-state index in [9.17, 15) is 4.79 Å². The summed E-state index contributed by atoms with van der Waals surface area (Å²) < 4.78 is 5.34. The molecule has 4 unspecified atom stereocenters. The second-order valence-corrected chi connectivity index (χ2v) is 8.02. The fourth-order valence-corrected chi connectivity index (χ4v) is 3.59. The topological polar surface area (TPSA) is 53.6 Å². The van der Waals surface area contributed by atoms with Crippen LogP contribution >= 0.6 is 0 Å². The van der Waals surface area contributed by atoms with Crippen LogP contribution < -0.4 is 10.7 Å². The molecule has 2 fully saturated rings. The van der Waals surface area contributed by atoms with Gasteiger partial charge in [0.05, 0.1) is 0 Å². The van der Waals surface area contributed by atoms with Gasteiger partial charge in [0.15, 0.2) is 0 Å². The minimum atomic E-state index is -0.432. The molecule has 1 saturated heterocycles. The van der Waals surface area contributed by atoms with Crippen LogP contribution in [-0.2, 0) is 4.74 Å². The first-order valence-electron chi connectivity index (χ1n) is 8.78. The molecule has 22 heavy (non-hydrogen) atoms. The van der Waals surface area contributed by atoms with Gasteiger partial charge in [-0.2, -0.15) is 0 Å². The number of hydrogen-bond donors (Lipinski definition) is 2. The Bertz CT molecular complexity index is 371. The number of nitrogens with zero attached hydrogens (tertiary/aromatic N) is 1. The molecule has 128 valence electrons. The molecule has 1 aliphatic heterocycles. The van der Waals surface area contributed by atoms with E-state index in [1.54, 1.807) is 0 Å². The summed E-state index contributed by atoms with van der Waals surface area (Å²) in [5, 5.41) is 5.44. The van der Waals surface area contributed by atoms with Crippen molar-refractivity contribution in [2.45, 2.75) is 103 Å². The van der Waals surface area contributed by atoms with Crippen LogP contribution in [0.25, 0.3) is 0 Å². The van der Waals surface area contributed by atoms with Gasteiger partial charge < -0.3 is 10.1 Å². The Morgan fingerprint density at radius 2 is 1.64 bits per heavy atom. The molecule has 0 radical (unpaired) electrons. The number of hydrazine groups is 1. The maximum absolute atomic E-state index is 11.9. The van der Waals surface area contributed by atoms with E-state index in [0.717, 1.165) is 19.3 Å². The number of piperidine rings is 1. The van der Waals surface area contributed by atoms with Crippen molar-refractivity contribution in [3.63, 3.8) is 0 Å². The quantitative estimate of drug-likeness (QED) is 0.840. The summed E-state index contributed by atoms with van der Waals surface area (Å²) in [6.45, 7) is 10.3. The highest BCUT2D eigenvalue weighted by Crippen LogP contribution is 2.25. The van der Waals surface area contributed by atoms with E-state index in [2.05, 4.69) is 29.6 Å². The summed E-state index contributed by atoms with van der Waals surface area (Å²) in [5.74, 6) is 0. The summed E-state index contributed by atoms with van der Waals surface area (Å²) in [6.07, 6.45) is 6.68. The van der Waals surface area contributed by atoms with Gasteiger partial charge in [-0.1, -0.05) is 6.42 Å². The molecule has 2 N–H and O–H groups in total. The summed E-state index contributed by atoms with van der Waals surface area (Å²) in [7, 11) is 0. The minimum absolute atomic E-state index is 0.225. The number of ether oxygens (including phenoxy) is 1. The molecule has 0 aromatic rings. The highest BCUT2D eigenvalue weighted by Gasteiger charge is 2.32. The summed E-state index contributed by atoms with van der Waals surface area (Å²) in [4.78, 5) is 11.9. The van der Waals surface area contributed by atoms with Crippen molar-refractivity contribution < 1.29 is 9.53 Å². The lowest BCUT2D eigenvalue weighted by molar-refractivity contribution is 0.0296. The Hall–Kier alpha value is -0.810. The third-order valence-corrected chi connectivity index (χ3v) is 4.68. The molecule has 0 aromatic heterocycles. The van der Waals surface area contributed by atoms with Gasteiger partial charge in [-0.3, -0.25) is 5.43 Å². The zero-order valence-electron chi connectivity index (χ0n) is 14.8. The molecule has 0 aromatic carbocycles. The third kappa shape index (κ3) is 5.13. The van der Waals surface area contributed by atoms with Gasteiger partial charge in [0.2, 0.25) is 0 Å². The number of rotatable bonds is 3. The summed E-state index contributed by atoms with van der Waals surface area (Å²) in [6, 6.07) is 1.88. The zero-order valence-corrected chi connectivity index (χ0v) is 14.8. The number of carbonyl (C=O) groups excluding carboxylic acids is 1. The van der Waals surface area contributed by atoms with Crippen molar-refractivity contribution in [3.05, 3.63) is 0 Å². The second kappa shape index (κ2) is 7.18. The van der Waals surface area contributed by atoms with Crippen LogP contribution in [0, 0.1) is 0 Å². The Morgan fingerprint density at radius 3 is 2.23 bits per heavy atom. The normalized spacial score (nSPS) is 33.7. The first-order chi connectivity index (χ1) is 10.2. The average Bonchev–Trinajstić information content (AvgIpc) is 2.79. The first-order valence-corrected chi connectivity index (χ1v) is 8.78. The molecule has 0 spiro atoms. The second-order valence-electron chi connectivity index (χ2n) is 8.02. The lowest BCUT2D eigenvalue weighted by atomic mass is 9.99. The molecule has 1 aliphatic carbocycles. The molecular weight excluding hydrogens is 278 g/mol. The van der Waals surface area contributed by atoms with Crippen molar-refractivity contribution in [1.29, 1.82) is 0 Å². The molecule has 0 bridgehead atoms. The van der Waals surface area contributed by atoms with Gasteiger partial charge >= 0.3 is 6.09 Å². The first kappa shape index (κ1) is 17.5. The standard InChI is InChI=1S/C17H33N3O2/c1-12-7-6-8-13(2)20(12)19-15-10-9-14(11-15)18-16(21)22-17(3,4)5/h12-15,19H,6-11H2,1-5H3,(H,18,21). The monoisotopic (exact) mass is 311 g/mol. The van der Waals surface area contributed by atoms with E-state index >= 15 is 0 Å². The molecule has 1 saturated carbocycles. The van der Waals surface area contributed by atoms with Gasteiger partial charge in [-0.05, 0) is 66.7 Å². The number of alkyl carbamates (subject to hydrolysis) is 1. The van der Waals surface area contributed by atoms with E-state index < -0.39 is 5.60 Å². The van der Waals surface area contributed by atoms with Crippen molar-refractivity contribution in [2.75, 3.05) is 0 Å². The van der Waals surface area contributed by atoms with E-state index in [1.807, 2.05) is 20.8 Å². The number of carbonyl (C=O) groups is 1. The van der Waals surface area contributed by atoms with E-state index in [-0.39, 0.29) is 12.1 Å². The lowest BCUT2D eigenvalue weighted by Crippen LogP contribution is -2.55. The summed E-state index contributed by atoms with van der Waals surface area (Å²) >= 11 is 0. The number of nitrogens with one attached hydrogen (secondary N) is 2. The SMILES string of the molecule is CC1CCCC(C)N1NC1CCC(NC(=O)OC(C)(C)C)C1. The van der Waals surface area contributed by atoms with Crippen molar-refractivity contribution in [1.82, 2.24) is 15.8 Å². The van der Waals surface area contributed by atoms with E-state index in [4.69, 9.17) is 4.74 Å². The van der Waals surface area contributed by atoms with E-state index in [1.165, 1.54) is 19.3 Å². The smallest absolute Gasteiger partial charge is 0.407 e. The highest BCUT2D eigenvalue weighted by molar-refractivity contribution is 5.68. The average molecular weight is 311 g/mol. The van der Waals surface area contributed by atoms with Crippen LogP contribution in [0.2, 0.25) is 0 Å². The van der Waals surface area contributed by atoms with Crippen LogP contribution in [0.3, 0.4) is 0 Å². The van der Waals surface area contributed by atoms with Crippen LogP contribution in [-0.4, -0.2) is 40.9 Å². The Kier molecular flexibility index (Phi) is 5.72. The number of amides is 1. The maximum Gasteiger partial charge on any atom is 0.407 e. The van der Waals surface area contributed by atoms with Crippen LogP contribution in [0.15, 0.2) is 0 Å². The number of hydrogen-bond acceptors (Lipinski definition) is 4. The van der Waals surface area contributed by atoms with Crippen LogP contribution in [0.5, 0.6) is 0 Å². The highest BCUT2D eigenvalue weighted by atomic mass is 16.6. The van der Waals surface area contributed by atoms with Gasteiger partial charge in [0.25, 0.3) is 0 Å². The third-order valence-electron chi connectivity index (χ3n) is 4.68. The van der Waals surface area contributed by atoms with Crippen molar-refractivity contribution in [2.24, 2.45) is 0 Å². The Morgan fingerprint density at radius 1 is 1.05 bits per heavy atom. The molecule has 1 heterocycles. The van der Waals surface area contributed by atoms with Crippen molar-refractivity contribution >= 4 is 6.09 Å². The van der Waals surface area contributed by atoms with Gasteiger partial charge in [0.1, 0.15) is 5.60 Å². The van der Waals surface area contributed by atoms with Crippen LogP contribution in [0.1, 0.15) is 73.1 Å². The zero-order chi connectivity index (χ0) is 16.3. The molecule has 4 atom stereocenters. The maximum atomic E-state index is 11.9. The van der Waals surface area contributed by atoms with Gasteiger partial charge in [-0.15, -0.1) is 0 Å². The Balaban J connectivity index is 1.76. The molecule has 2 rings (SSSR count). The molecule has 5 nitrogen and oxygen atoms in total. The molecular formula is C17H33N3O2. The van der Waals surface area contributed by atoms with Gasteiger partial charge in [0, 0.05) is 24.2 Å². The predicted octanol–water partition coefficient (Wildman–Crippen LogP) is 3.20. The fraction of sp³-hybridized carbons (Fsp3) is 0.941. The fourth-order valence-electron chi connectivity index (χ4n) is 3.59. The lowest BCUT2D eigenvalue weighted by Gasteiger charge is -2.40. The van der Waals surface area contributed by atoms with Gasteiger partial charge in [-0.25, -0.2) is 9.80 Å².